The lowest BCUT2D eigenvalue weighted by Gasteiger charge is -2.41. The zero-order valence-corrected chi connectivity index (χ0v) is 25.0. The lowest BCUT2D eigenvalue weighted by atomic mass is 9.74. The van der Waals surface area contributed by atoms with Crippen molar-refractivity contribution >= 4 is 34.8 Å². The van der Waals surface area contributed by atoms with Gasteiger partial charge in [0.2, 0.25) is 0 Å². The molecule has 3 aromatic carbocycles. The van der Waals surface area contributed by atoms with Gasteiger partial charge < -0.3 is 5.73 Å². The van der Waals surface area contributed by atoms with Crippen molar-refractivity contribution in [2.45, 2.75) is 62.8 Å². The number of hydrogen-bond donors (Lipinski definition) is 1. The number of Topliss-reactive ketones (excluding diaryl/α,β-unsaturated/α-hetero) is 1. The lowest BCUT2D eigenvalue weighted by molar-refractivity contribution is -0.137. The van der Waals surface area contributed by atoms with Gasteiger partial charge in [0.1, 0.15) is 5.82 Å². The number of nitrogens with zero attached hydrogens (tertiary/aromatic N) is 2. The highest BCUT2D eigenvalue weighted by Gasteiger charge is 2.43. The van der Waals surface area contributed by atoms with Gasteiger partial charge in [-0.2, -0.15) is 18.4 Å². The molecular formula is C33H29ClF3N3OS. The number of carbonyl (C=O) groups excluding carboxylic acids is 1. The standard InChI is InChI=1S/C33H29ClF3N3OS/c1-18-7-4-5-10-29(18)42-17-21-14-23(20(3)13-19(21)2)30-24(16-38)32(39)40(27-8-6-9-28(41)31(27)30)26-12-11-22(34)15-25(26)33(35,36)37/h4-5,7,10-15,30H,6,8-9,17,39H2,1-3H3. The number of rotatable bonds is 5. The van der Waals surface area contributed by atoms with Crippen molar-refractivity contribution in [1.29, 1.82) is 5.26 Å². The van der Waals surface area contributed by atoms with Crippen LogP contribution in [0.3, 0.4) is 0 Å². The van der Waals surface area contributed by atoms with Crippen molar-refractivity contribution in [3.05, 3.63) is 116 Å². The van der Waals surface area contributed by atoms with Crippen LogP contribution in [0, 0.1) is 32.1 Å². The Bertz CT molecular complexity index is 1700. The van der Waals surface area contributed by atoms with Crippen LogP contribution in [0.2, 0.25) is 5.02 Å². The molecule has 0 radical (unpaired) electrons. The van der Waals surface area contributed by atoms with Crippen LogP contribution < -0.4 is 10.6 Å². The smallest absolute Gasteiger partial charge is 0.384 e. The zero-order valence-electron chi connectivity index (χ0n) is 23.4. The number of anilines is 1. The van der Waals surface area contributed by atoms with Gasteiger partial charge in [-0.25, -0.2) is 0 Å². The fraction of sp³-hybridized carbons (Fsp3) is 0.273. The molecular weight excluding hydrogens is 579 g/mol. The van der Waals surface area contributed by atoms with Gasteiger partial charge in [0.05, 0.1) is 28.8 Å². The number of hydrogen-bond acceptors (Lipinski definition) is 5. The minimum atomic E-state index is -4.74. The molecule has 1 unspecified atom stereocenters. The second kappa shape index (κ2) is 11.5. The van der Waals surface area contributed by atoms with Crippen LogP contribution in [0.4, 0.5) is 18.9 Å². The Balaban J connectivity index is 1.68. The first-order valence-electron chi connectivity index (χ1n) is 13.5. The van der Waals surface area contributed by atoms with Crippen molar-refractivity contribution in [3.63, 3.8) is 0 Å². The molecule has 1 atom stereocenters. The van der Waals surface area contributed by atoms with Crippen molar-refractivity contribution in [2.75, 3.05) is 4.90 Å². The van der Waals surface area contributed by atoms with Crippen LogP contribution in [-0.4, -0.2) is 5.78 Å². The summed E-state index contributed by atoms with van der Waals surface area (Å²) >= 11 is 7.66. The summed E-state index contributed by atoms with van der Waals surface area (Å²) in [5.74, 6) is -0.411. The number of nitriles is 1. The number of nitrogens with two attached hydrogens (primary N) is 1. The zero-order chi connectivity index (χ0) is 30.3. The molecule has 9 heteroatoms. The quantitative estimate of drug-likeness (QED) is 0.293. The van der Waals surface area contributed by atoms with Crippen molar-refractivity contribution in [1.82, 2.24) is 0 Å². The van der Waals surface area contributed by atoms with E-state index in [0.717, 1.165) is 33.2 Å². The maximum atomic E-state index is 14.2. The largest absolute Gasteiger partial charge is 0.418 e. The minimum Gasteiger partial charge on any atom is -0.384 e. The average molecular weight is 608 g/mol. The normalized spacial score (nSPS) is 17.4. The number of alkyl halides is 3. The Morgan fingerprint density at radius 1 is 1.05 bits per heavy atom. The Hall–Kier alpha value is -3.67. The molecule has 1 heterocycles. The van der Waals surface area contributed by atoms with Crippen LogP contribution in [0.15, 0.2) is 82.2 Å². The van der Waals surface area contributed by atoms with E-state index in [1.165, 1.54) is 22.6 Å². The van der Waals surface area contributed by atoms with E-state index in [1.54, 1.807) is 11.8 Å². The van der Waals surface area contributed by atoms with Crippen LogP contribution >= 0.6 is 23.4 Å². The summed E-state index contributed by atoms with van der Waals surface area (Å²) in [7, 11) is 0. The van der Waals surface area contributed by atoms with Gasteiger partial charge >= 0.3 is 6.18 Å². The molecule has 1 aliphatic heterocycles. The van der Waals surface area contributed by atoms with E-state index < -0.39 is 17.7 Å². The molecule has 2 N–H and O–H groups in total. The number of allylic oxidation sites excluding steroid dienone is 3. The van der Waals surface area contributed by atoms with E-state index in [2.05, 4.69) is 25.1 Å². The first kappa shape index (κ1) is 29.8. The second-order valence-electron chi connectivity index (χ2n) is 10.7. The van der Waals surface area contributed by atoms with Crippen LogP contribution in [-0.2, 0) is 16.7 Å². The molecule has 0 saturated heterocycles. The van der Waals surface area contributed by atoms with Crippen molar-refractivity contribution in [2.24, 2.45) is 5.73 Å². The number of benzene rings is 3. The van der Waals surface area contributed by atoms with Crippen molar-refractivity contribution in [3.8, 4) is 6.07 Å². The number of carbonyl (C=O) groups is 1. The molecule has 5 rings (SSSR count). The summed E-state index contributed by atoms with van der Waals surface area (Å²) in [5.41, 5.74) is 11.1. The number of halogens is 4. The summed E-state index contributed by atoms with van der Waals surface area (Å²) in [4.78, 5) is 16.0. The molecule has 42 heavy (non-hydrogen) atoms. The topological polar surface area (TPSA) is 70.1 Å². The van der Waals surface area contributed by atoms with Crippen LogP contribution in [0.5, 0.6) is 0 Å². The molecule has 0 saturated carbocycles. The van der Waals surface area contributed by atoms with E-state index in [9.17, 15) is 23.2 Å². The molecule has 0 aromatic heterocycles. The first-order chi connectivity index (χ1) is 19.9. The maximum Gasteiger partial charge on any atom is 0.418 e. The molecule has 0 fully saturated rings. The fourth-order valence-electron chi connectivity index (χ4n) is 5.86. The number of thioether (sulfide) groups is 1. The number of aryl methyl sites for hydroxylation is 3. The van der Waals surface area contributed by atoms with E-state index in [4.69, 9.17) is 17.3 Å². The highest BCUT2D eigenvalue weighted by Crippen LogP contribution is 2.50. The van der Waals surface area contributed by atoms with Gasteiger partial charge in [0, 0.05) is 33.4 Å². The highest BCUT2D eigenvalue weighted by atomic mass is 35.5. The van der Waals surface area contributed by atoms with Gasteiger partial charge in [-0.3, -0.25) is 9.69 Å². The van der Waals surface area contributed by atoms with Crippen LogP contribution in [0.1, 0.15) is 58.6 Å². The highest BCUT2D eigenvalue weighted by molar-refractivity contribution is 7.98. The fourth-order valence-corrected chi connectivity index (χ4v) is 7.12. The Kier molecular flexibility index (Phi) is 8.19. The third kappa shape index (κ3) is 5.44. The van der Waals surface area contributed by atoms with Gasteiger partial charge in [-0.05, 0) is 85.7 Å². The third-order valence-corrected chi connectivity index (χ3v) is 9.39. The molecule has 1 aliphatic carbocycles. The maximum absolute atomic E-state index is 14.2. The Morgan fingerprint density at radius 3 is 2.48 bits per heavy atom. The van der Waals surface area contributed by atoms with Gasteiger partial charge in [0.25, 0.3) is 0 Å². The van der Waals surface area contributed by atoms with E-state index >= 15 is 0 Å². The predicted molar refractivity (Wildman–Crippen MR) is 161 cm³/mol. The molecule has 0 amide bonds. The average Bonchev–Trinajstić information content (AvgIpc) is 2.93. The Morgan fingerprint density at radius 2 is 1.79 bits per heavy atom. The predicted octanol–water partition coefficient (Wildman–Crippen LogP) is 8.88. The molecule has 3 aromatic rings. The summed E-state index contributed by atoms with van der Waals surface area (Å²) < 4.78 is 42.6. The summed E-state index contributed by atoms with van der Waals surface area (Å²) in [6.07, 6.45) is -3.68. The van der Waals surface area contributed by atoms with Crippen molar-refractivity contribution < 1.29 is 18.0 Å². The lowest BCUT2D eigenvalue weighted by Crippen LogP contribution is -2.39. The summed E-state index contributed by atoms with van der Waals surface area (Å²) in [6, 6.07) is 17.8. The van der Waals surface area contributed by atoms with Gasteiger partial charge in [-0.1, -0.05) is 41.9 Å². The van der Waals surface area contributed by atoms with Gasteiger partial charge in [0.15, 0.2) is 5.78 Å². The molecule has 2 aliphatic rings. The molecule has 0 bridgehead atoms. The number of ketones is 1. The van der Waals surface area contributed by atoms with E-state index in [1.807, 2.05) is 38.1 Å². The second-order valence-corrected chi connectivity index (χ2v) is 12.1. The Labute approximate surface area is 252 Å². The molecule has 216 valence electrons. The van der Waals surface area contributed by atoms with Gasteiger partial charge in [-0.15, -0.1) is 11.8 Å². The molecule has 0 spiro atoms. The third-order valence-electron chi connectivity index (χ3n) is 7.93. The summed E-state index contributed by atoms with van der Waals surface area (Å²) in [5, 5.41) is 10.3. The van der Waals surface area contributed by atoms with E-state index in [0.29, 0.717) is 29.9 Å². The van der Waals surface area contributed by atoms with Crippen LogP contribution in [0.25, 0.3) is 0 Å². The minimum absolute atomic E-state index is 0.0523. The molecule has 4 nitrogen and oxygen atoms in total. The van der Waals surface area contributed by atoms with E-state index in [-0.39, 0.29) is 34.3 Å². The SMILES string of the molecule is Cc1cc(C)c(C2C(C#N)=C(N)N(c3ccc(Cl)cc3C(F)(F)F)C3=C2C(=O)CCC3)cc1CSc1ccccc1C. The summed E-state index contributed by atoms with van der Waals surface area (Å²) in [6.45, 7) is 6.01. The monoisotopic (exact) mass is 607 g/mol. The first-order valence-corrected chi connectivity index (χ1v) is 14.9.